The summed E-state index contributed by atoms with van der Waals surface area (Å²) in [4.78, 5) is 16.7. The van der Waals surface area contributed by atoms with E-state index in [-0.39, 0.29) is 5.70 Å². The molecule has 28 heavy (non-hydrogen) atoms. The summed E-state index contributed by atoms with van der Waals surface area (Å²) >= 11 is 6.56. The number of aromatic nitrogens is 2. The second kappa shape index (κ2) is 7.09. The number of nitrogens with zero attached hydrogens (tertiary/aromatic N) is 3. The van der Waals surface area contributed by atoms with E-state index in [4.69, 9.17) is 16.3 Å². The molecule has 6 heteroatoms. The Morgan fingerprint density at radius 3 is 2.46 bits per heavy atom. The first kappa shape index (κ1) is 18.2. The molecule has 0 unspecified atom stereocenters. The molecular formula is C22H18ClN3O2. The van der Waals surface area contributed by atoms with Gasteiger partial charge in [0.25, 0.3) is 0 Å². The number of carbonyl (C=O) groups is 1. The van der Waals surface area contributed by atoms with E-state index in [0.717, 1.165) is 22.4 Å². The molecule has 0 bridgehead atoms. The van der Waals surface area contributed by atoms with Crippen LogP contribution in [0.3, 0.4) is 0 Å². The van der Waals surface area contributed by atoms with Crippen molar-refractivity contribution in [3.05, 3.63) is 87.3 Å². The molecule has 0 radical (unpaired) electrons. The predicted octanol–water partition coefficient (Wildman–Crippen LogP) is 4.80. The maximum Gasteiger partial charge on any atom is 0.363 e. The van der Waals surface area contributed by atoms with Crippen molar-refractivity contribution in [3.63, 3.8) is 0 Å². The number of hydrogen-bond acceptors (Lipinski definition) is 4. The maximum absolute atomic E-state index is 12.3. The van der Waals surface area contributed by atoms with Gasteiger partial charge in [0.15, 0.2) is 5.70 Å². The van der Waals surface area contributed by atoms with Crippen molar-refractivity contribution in [2.75, 3.05) is 0 Å². The first-order chi connectivity index (χ1) is 13.4. The van der Waals surface area contributed by atoms with Crippen LogP contribution in [0.1, 0.15) is 27.9 Å². The summed E-state index contributed by atoms with van der Waals surface area (Å²) in [7, 11) is 0. The molecule has 2 aromatic carbocycles. The largest absolute Gasteiger partial charge is 0.402 e. The molecule has 0 saturated carbocycles. The van der Waals surface area contributed by atoms with E-state index >= 15 is 0 Å². The number of cyclic esters (lactones) is 1. The fraction of sp³-hybridized carbons (Fsp3) is 0.136. The number of esters is 1. The zero-order valence-corrected chi connectivity index (χ0v) is 16.5. The van der Waals surface area contributed by atoms with Gasteiger partial charge < -0.3 is 4.74 Å². The van der Waals surface area contributed by atoms with Crippen molar-refractivity contribution in [1.29, 1.82) is 0 Å². The number of carbonyl (C=O) groups excluding carboxylic acids is 1. The minimum Gasteiger partial charge on any atom is -0.402 e. The zero-order valence-electron chi connectivity index (χ0n) is 15.7. The Bertz CT molecular complexity index is 1140. The van der Waals surface area contributed by atoms with Crippen molar-refractivity contribution in [3.8, 4) is 5.69 Å². The molecule has 1 aliphatic heterocycles. The minimum atomic E-state index is -0.503. The molecule has 0 spiro atoms. The lowest BCUT2D eigenvalue weighted by molar-refractivity contribution is -0.129. The molecule has 140 valence electrons. The Labute approximate surface area is 167 Å². The molecule has 1 aliphatic rings. The molecule has 0 aliphatic carbocycles. The van der Waals surface area contributed by atoms with E-state index in [1.54, 1.807) is 10.8 Å². The SMILES string of the molecule is Cc1ccc(-n2nc(C)c(/C=C3\N=C(c4ccccc4C)OC3=O)c2Cl)cc1. The summed E-state index contributed by atoms with van der Waals surface area (Å²) in [6.07, 6.45) is 1.63. The van der Waals surface area contributed by atoms with Crippen LogP contribution < -0.4 is 0 Å². The van der Waals surface area contributed by atoms with Gasteiger partial charge in [-0.1, -0.05) is 47.5 Å². The van der Waals surface area contributed by atoms with Gasteiger partial charge in [0.2, 0.25) is 5.90 Å². The predicted molar refractivity (Wildman–Crippen MR) is 110 cm³/mol. The lowest BCUT2D eigenvalue weighted by Gasteiger charge is -2.03. The monoisotopic (exact) mass is 391 g/mol. The van der Waals surface area contributed by atoms with E-state index in [9.17, 15) is 4.79 Å². The molecule has 0 atom stereocenters. The molecule has 5 nitrogen and oxygen atoms in total. The van der Waals surface area contributed by atoms with Gasteiger partial charge in [-0.3, -0.25) is 0 Å². The Morgan fingerprint density at radius 2 is 1.75 bits per heavy atom. The van der Waals surface area contributed by atoms with Gasteiger partial charge in [0.1, 0.15) is 5.15 Å². The number of benzene rings is 2. The summed E-state index contributed by atoms with van der Waals surface area (Å²) in [5, 5.41) is 4.93. The number of hydrogen-bond donors (Lipinski definition) is 0. The molecule has 0 N–H and O–H groups in total. The van der Waals surface area contributed by atoms with Crippen LogP contribution >= 0.6 is 11.6 Å². The van der Waals surface area contributed by atoms with Crippen LogP contribution in [0.4, 0.5) is 0 Å². The summed E-state index contributed by atoms with van der Waals surface area (Å²) in [5.74, 6) is -0.203. The number of rotatable bonds is 3. The topological polar surface area (TPSA) is 56.5 Å². The number of aliphatic imine (C=N–C) groups is 1. The molecule has 4 rings (SSSR count). The molecule has 3 aromatic rings. The quantitative estimate of drug-likeness (QED) is 0.476. The Balaban J connectivity index is 1.74. The maximum atomic E-state index is 12.3. The van der Waals surface area contributed by atoms with Gasteiger partial charge in [0.05, 0.1) is 11.4 Å². The summed E-state index contributed by atoms with van der Waals surface area (Å²) in [6.45, 7) is 5.81. The fourth-order valence-electron chi connectivity index (χ4n) is 3.01. The van der Waals surface area contributed by atoms with Crippen LogP contribution in [-0.4, -0.2) is 21.6 Å². The van der Waals surface area contributed by atoms with Crippen LogP contribution in [-0.2, 0) is 9.53 Å². The third kappa shape index (κ3) is 3.25. The Morgan fingerprint density at radius 1 is 1.04 bits per heavy atom. The smallest absolute Gasteiger partial charge is 0.363 e. The molecule has 0 fully saturated rings. The molecular weight excluding hydrogens is 374 g/mol. The van der Waals surface area contributed by atoms with E-state index in [2.05, 4.69) is 10.1 Å². The second-order valence-electron chi connectivity index (χ2n) is 6.69. The summed E-state index contributed by atoms with van der Waals surface area (Å²) < 4.78 is 7.02. The van der Waals surface area contributed by atoms with Crippen LogP contribution in [0.15, 0.2) is 59.2 Å². The van der Waals surface area contributed by atoms with Gasteiger partial charge in [-0.15, -0.1) is 0 Å². The average molecular weight is 392 g/mol. The van der Waals surface area contributed by atoms with Gasteiger partial charge in [0, 0.05) is 11.1 Å². The number of halogens is 1. The highest BCUT2D eigenvalue weighted by Gasteiger charge is 2.26. The van der Waals surface area contributed by atoms with E-state index < -0.39 is 5.97 Å². The average Bonchev–Trinajstić information content (AvgIpc) is 3.17. The van der Waals surface area contributed by atoms with Gasteiger partial charge >= 0.3 is 5.97 Å². The first-order valence-electron chi connectivity index (χ1n) is 8.85. The highest BCUT2D eigenvalue weighted by molar-refractivity contribution is 6.31. The van der Waals surface area contributed by atoms with Gasteiger partial charge in [-0.05, 0) is 50.6 Å². The highest BCUT2D eigenvalue weighted by Crippen LogP contribution is 2.28. The summed E-state index contributed by atoms with van der Waals surface area (Å²) in [5.41, 5.74) is 5.31. The lowest BCUT2D eigenvalue weighted by atomic mass is 10.1. The Kier molecular flexibility index (Phi) is 4.61. The molecule has 2 heterocycles. The Hall–Kier alpha value is -3.18. The summed E-state index contributed by atoms with van der Waals surface area (Å²) in [6, 6.07) is 15.5. The lowest BCUT2D eigenvalue weighted by Crippen LogP contribution is -2.06. The van der Waals surface area contributed by atoms with Gasteiger partial charge in [-0.2, -0.15) is 5.10 Å². The zero-order chi connectivity index (χ0) is 19.8. The first-order valence-corrected chi connectivity index (χ1v) is 9.22. The highest BCUT2D eigenvalue weighted by atomic mass is 35.5. The van der Waals surface area contributed by atoms with E-state index in [1.165, 1.54) is 0 Å². The van der Waals surface area contributed by atoms with Gasteiger partial charge in [-0.25, -0.2) is 14.5 Å². The van der Waals surface area contributed by atoms with Crippen molar-refractivity contribution in [1.82, 2.24) is 9.78 Å². The third-order valence-electron chi connectivity index (χ3n) is 4.60. The van der Waals surface area contributed by atoms with Crippen LogP contribution in [0, 0.1) is 20.8 Å². The van der Waals surface area contributed by atoms with E-state index in [0.29, 0.717) is 22.3 Å². The third-order valence-corrected chi connectivity index (χ3v) is 4.97. The number of ether oxygens (including phenoxy) is 1. The van der Waals surface area contributed by atoms with Crippen LogP contribution in [0.25, 0.3) is 11.8 Å². The normalized spacial score (nSPS) is 15.1. The molecule has 0 amide bonds. The van der Waals surface area contributed by atoms with E-state index in [1.807, 2.05) is 69.3 Å². The second-order valence-corrected chi connectivity index (χ2v) is 7.05. The number of aryl methyl sites for hydroxylation is 3. The fourth-order valence-corrected chi connectivity index (χ4v) is 3.33. The van der Waals surface area contributed by atoms with Crippen LogP contribution in [0.5, 0.6) is 0 Å². The van der Waals surface area contributed by atoms with Crippen LogP contribution in [0.2, 0.25) is 5.15 Å². The molecule has 1 aromatic heterocycles. The van der Waals surface area contributed by atoms with Crippen molar-refractivity contribution >= 4 is 29.5 Å². The minimum absolute atomic E-state index is 0.201. The van der Waals surface area contributed by atoms with Crippen molar-refractivity contribution in [2.45, 2.75) is 20.8 Å². The molecule has 0 saturated heterocycles. The van der Waals surface area contributed by atoms with Crippen molar-refractivity contribution in [2.24, 2.45) is 4.99 Å². The standard InChI is InChI=1S/C22H18ClN3O2/c1-13-8-10-16(11-9-13)26-20(23)18(15(3)25-26)12-19-22(27)28-21(24-19)17-7-5-4-6-14(17)2/h4-12H,1-3H3/b19-12-. The van der Waals surface area contributed by atoms with Crippen molar-refractivity contribution < 1.29 is 9.53 Å².